The predicted octanol–water partition coefficient (Wildman–Crippen LogP) is 3.51. The molecule has 2 heterocycles. The van der Waals surface area contributed by atoms with Gasteiger partial charge in [0.15, 0.2) is 0 Å². The zero-order valence-electron chi connectivity index (χ0n) is 12.6. The van der Waals surface area contributed by atoms with Crippen LogP contribution in [0.5, 0.6) is 0 Å². The van der Waals surface area contributed by atoms with Crippen molar-refractivity contribution in [1.29, 1.82) is 0 Å². The topological polar surface area (TPSA) is 54.9 Å². The van der Waals surface area contributed by atoms with E-state index >= 15 is 0 Å². The summed E-state index contributed by atoms with van der Waals surface area (Å²) in [4.78, 5) is 20.2. The van der Waals surface area contributed by atoms with Gasteiger partial charge in [-0.25, -0.2) is 0 Å². The predicted molar refractivity (Wildman–Crippen MR) is 90.3 cm³/mol. The zero-order valence-corrected chi connectivity index (χ0v) is 12.6. The van der Waals surface area contributed by atoms with Crippen molar-refractivity contribution in [2.75, 3.05) is 5.32 Å². The molecule has 1 aromatic carbocycles. The van der Waals surface area contributed by atoms with Crippen LogP contribution in [0.15, 0.2) is 73.2 Å². The van der Waals surface area contributed by atoms with Crippen LogP contribution in [-0.4, -0.2) is 15.9 Å². The monoisotopic (exact) mass is 303 g/mol. The molecule has 4 nitrogen and oxygen atoms in total. The number of aryl methyl sites for hydroxylation is 2. The number of benzene rings is 1. The molecule has 0 aliphatic rings. The summed E-state index contributed by atoms with van der Waals surface area (Å²) in [7, 11) is 0. The lowest BCUT2D eigenvalue weighted by atomic mass is 10.0. The van der Waals surface area contributed by atoms with Crippen LogP contribution >= 0.6 is 0 Å². The molecule has 23 heavy (non-hydrogen) atoms. The average molecular weight is 303 g/mol. The molecule has 0 aliphatic carbocycles. The van der Waals surface area contributed by atoms with Gasteiger partial charge in [0.25, 0.3) is 5.91 Å². The number of carbonyl (C=O) groups excluding carboxylic acids is 1. The number of amides is 1. The van der Waals surface area contributed by atoms with E-state index in [1.165, 1.54) is 11.1 Å². The lowest BCUT2D eigenvalue weighted by molar-refractivity contribution is 0.102. The van der Waals surface area contributed by atoms with Crippen molar-refractivity contribution in [2.24, 2.45) is 0 Å². The fourth-order valence-electron chi connectivity index (χ4n) is 2.33. The fourth-order valence-corrected chi connectivity index (χ4v) is 2.33. The van der Waals surface area contributed by atoms with Crippen molar-refractivity contribution >= 4 is 11.6 Å². The average Bonchev–Trinajstić information content (AvgIpc) is 2.62. The summed E-state index contributed by atoms with van der Waals surface area (Å²) in [5.74, 6) is -0.197. The molecule has 0 aliphatic heterocycles. The molecular weight excluding hydrogens is 286 g/mol. The summed E-state index contributed by atoms with van der Waals surface area (Å²) < 4.78 is 0. The van der Waals surface area contributed by atoms with Gasteiger partial charge < -0.3 is 5.32 Å². The highest BCUT2D eigenvalue weighted by atomic mass is 16.1. The molecule has 0 spiro atoms. The first kappa shape index (κ1) is 14.9. The minimum Gasteiger partial charge on any atom is -0.321 e. The van der Waals surface area contributed by atoms with Crippen LogP contribution in [0.3, 0.4) is 0 Å². The van der Waals surface area contributed by atoms with Crippen molar-refractivity contribution in [1.82, 2.24) is 9.97 Å². The highest BCUT2D eigenvalue weighted by molar-refractivity contribution is 6.02. The fraction of sp³-hybridized carbons (Fsp3) is 0.105. The molecule has 1 amide bonds. The van der Waals surface area contributed by atoms with E-state index < -0.39 is 0 Å². The van der Waals surface area contributed by atoms with Crippen LogP contribution in [0.4, 0.5) is 5.69 Å². The third-order valence-electron chi connectivity index (χ3n) is 3.53. The molecule has 3 rings (SSSR count). The van der Waals surface area contributed by atoms with E-state index in [9.17, 15) is 4.79 Å². The first-order valence-electron chi connectivity index (χ1n) is 7.51. The quantitative estimate of drug-likeness (QED) is 0.784. The van der Waals surface area contributed by atoms with Gasteiger partial charge in [-0.05, 0) is 60.4 Å². The summed E-state index contributed by atoms with van der Waals surface area (Å²) in [6.07, 6.45) is 7.08. The normalized spacial score (nSPS) is 10.3. The number of aromatic nitrogens is 2. The van der Waals surface area contributed by atoms with Crippen LogP contribution in [0, 0.1) is 0 Å². The van der Waals surface area contributed by atoms with Gasteiger partial charge in [0.05, 0.1) is 0 Å². The van der Waals surface area contributed by atoms with Crippen molar-refractivity contribution in [3.63, 3.8) is 0 Å². The summed E-state index contributed by atoms with van der Waals surface area (Å²) in [6, 6.07) is 17.2. The molecule has 4 heteroatoms. The van der Waals surface area contributed by atoms with Crippen LogP contribution in [0.25, 0.3) is 0 Å². The van der Waals surface area contributed by atoms with Crippen molar-refractivity contribution < 1.29 is 4.79 Å². The third kappa shape index (κ3) is 4.23. The Morgan fingerprint density at radius 1 is 0.870 bits per heavy atom. The van der Waals surface area contributed by atoms with Crippen molar-refractivity contribution in [2.45, 2.75) is 12.8 Å². The summed E-state index contributed by atoms with van der Waals surface area (Å²) in [5, 5.41) is 2.89. The van der Waals surface area contributed by atoms with Gasteiger partial charge in [0, 0.05) is 24.3 Å². The van der Waals surface area contributed by atoms with Gasteiger partial charge in [-0.15, -0.1) is 0 Å². The van der Waals surface area contributed by atoms with Gasteiger partial charge in [-0.3, -0.25) is 14.8 Å². The first-order chi connectivity index (χ1) is 11.3. The SMILES string of the molecule is O=C(Nc1cccc(CCc2ccncc2)c1)c1ccccn1. The number of nitrogens with zero attached hydrogens (tertiary/aromatic N) is 2. The van der Waals surface area contributed by atoms with E-state index in [-0.39, 0.29) is 5.91 Å². The second kappa shape index (κ2) is 7.31. The maximum Gasteiger partial charge on any atom is 0.274 e. The number of carbonyl (C=O) groups is 1. The molecule has 0 saturated heterocycles. The Bertz CT molecular complexity index is 773. The highest BCUT2D eigenvalue weighted by Crippen LogP contribution is 2.14. The van der Waals surface area contributed by atoms with E-state index in [1.54, 1.807) is 36.8 Å². The largest absolute Gasteiger partial charge is 0.321 e. The van der Waals surface area contributed by atoms with Crippen LogP contribution in [0.1, 0.15) is 21.6 Å². The lowest BCUT2D eigenvalue weighted by Gasteiger charge is -2.07. The number of nitrogens with one attached hydrogen (secondary N) is 1. The minimum absolute atomic E-state index is 0.197. The highest BCUT2D eigenvalue weighted by Gasteiger charge is 2.07. The van der Waals surface area contributed by atoms with Gasteiger partial charge in [-0.2, -0.15) is 0 Å². The summed E-state index contributed by atoms with van der Waals surface area (Å²) in [6.45, 7) is 0. The molecule has 2 aromatic heterocycles. The minimum atomic E-state index is -0.197. The summed E-state index contributed by atoms with van der Waals surface area (Å²) in [5.41, 5.74) is 3.63. The van der Waals surface area contributed by atoms with Gasteiger partial charge in [-0.1, -0.05) is 18.2 Å². The van der Waals surface area contributed by atoms with Gasteiger partial charge >= 0.3 is 0 Å². The Balaban J connectivity index is 1.64. The second-order valence-electron chi connectivity index (χ2n) is 5.22. The smallest absolute Gasteiger partial charge is 0.274 e. The third-order valence-corrected chi connectivity index (χ3v) is 3.53. The van der Waals surface area contributed by atoms with E-state index in [0.717, 1.165) is 18.5 Å². The van der Waals surface area contributed by atoms with Crippen LogP contribution in [0.2, 0.25) is 0 Å². The number of hydrogen-bond acceptors (Lipinski definition) is 3. The van der Waals surface area contributed by atoms with Crippen LogP contribution in [-0.2, 0) is 12.8 Å². The molecule has 114 valence electrons. The number of anilines is 1. The molecule has 0 atom stereocenters. The molecule has 0 fully saturated rings. The Morgan fingerprint density at radius 3 is 2.48 bits per heavy atom. The molecule has 0 radical (unpaired) electrons. The van der Waals surface area contributed by atoms with Gasteiger partial charge in [0.2, 0.25) is 0 Å². The molecular formula is C19H17N3O. The van der Waals surface area contributed by atoms with Crippen molar-refractivity contribution in [3.8, 4) is 0 Å². The van der Waals surface area contributed by atoms with E-state index in [0.29, 0.717) is 5.69 Å². The molecule has 0 saturated carbocycles. The number of rotatable bonds is 5. The maximum absolute atomic E-state index is 12.1. The summed E-state index contributed by atoms with van der Waals surface area (Å²) >= 11 is 0. The van der Waals surface area contributed by atoms with Gasteiger partial charge in [0.1, 0.15) is 5.69 Å². The molecule has 1 N–H and O–H groups in total. The number of hydrogen-bond donors (Lipinski definition) is 1. The molecule has 3 aromatic rings. The van der Waals surface area contributed by atoms with Crippen LogP contribution < -0.4 is 5.32 Å². The molecule has 0 unspecified atom stereocenters. The maximum atomic E-state index is 12.1. The second-order valence-corrected chi connectivity index (χ2v) is 5.22. The standard InChI is InChI=1S/C19H17N3O/c23-19(18-6-1-2-11-21-18)22-17-5-3-4-16(14-17)8-7-15-9-12-20-13-10-15/h1-6,9-14H,7-8H2,(H,22,23). The molecule has 0 bridgehead atoms. The Morgan fingerprint density at radius 2 is 1.70 bits per heavy atom. The Kier molecular flexibility index (Phi) is 4.74. The first-order valence-corrected chi connectivity index (χ1v) is 7.51. The lowest BCUT2D eigenvalue weighted by Crippen LogP contribution is -2.13. The zero-order chi connectivity index (χ0) is 15.9. The Labute approximate surface area is 135 Å². The van der Waals surface area contributed by atoms with E-state index in [2.05, 4.69) is 21.4 Å². The van der Waals surface area contributed by atoms with E-state index in [4.69, 9.17) is 0 Å². The Hall–Kier alpha value is -3.01. The van der Waals surface area contributed by atoms with E-state index in [1.807, 2.05) is 30.3 Å². The number of pyridine rings is 2. The van der Waals surface area contributed by atoms with Crippen molar-refractivity contribution in [3.05, 3.63) is 90.0 Å².